The Kier molecular flexibility index (Phi) is 6.47. The molecule has 0 spiro atoms. The lowest BCUT2D eigenvalue weighted by Crippen LogP contribution is -2.31. The van der Waals surface area contributed by atoms with Crippen LogP contribution in [0.1, 0.15) is 37.0 Å². The second kappa shape index (κ2) is 9.01. The molecular weight excluding hydrogens is 364 g/mol. The van der Waals surface area contributed by atoms with E-state index in [0.717, 1.165) is 31.2 Å². The van der Waals surface area contributed by atoms with Crippen LogP contribution in [0.15, 0.2) is 58.1 Å². The van der Waals surface area contributed by atoms with Gasteiger partial charge in [-0.15, -0.1) is 0 Å². The number of amides is 1. The Hall–Kier alpha value is -2.38. The number of carbonyl (C=O) groups is 1. The lowest BCUT2D eigenvalue weighted by Gasteiger charge is -2.19. The standard InChI is InChI=1S/C20H24N2O4S/c23-20(21-16-18-6-5-15-26-18)12-9-17-7-10-19(11-8-17)27(24,25)22-13-3-1-2-4-14-22/h5-12,15H,1-4,13-14,16H2,(H,21,23)/b12-9+. The molecule has 0 saturated carbocycles. The van der Waals surface area contributed by atoms with Gasteiger partial charge in [0.05, 0.1) is 17.7 Å². The first-order chi connectivity index (χ1) is 13.1. The van der Waals surface area contributed by atoms with E-state index in [9.17, 15) is 13.2 Å². The van der Waals surface area contributed by atoms with Gasteiger partial charge in [-0.1, -0.05) is 25.0 Å². The maximum Gasteiger partial charge on any atom is 0.244 e. The molecule has 6 nitrogen and oxygen atoms in total. The van der Waals surface area contributed by atoms with Gasteiger partial charge in [-0.05, 0) is 48.7 Å². The predicted octanol–water partition coefficient (Wildman–Crippen LogP) is 3.17. The Bertz CT molecular complexity index is 863. The van der Waals surface area contributed by atoms with Crippen LogP contribution in [-0.4, -0.2) is 31.7 Å². The number of benzene rings is 1. The lowest BCUT2D eigenvalue weighted by atomic mass is 10.2. The van der Waals surface area contributed by atoms with Crippen molar-refractivity contribution in [3.05, 3.63) is 60.1 Å². The van der Waals surface area contributed by atoms with Gasteiger partial charge in [0.15, 0.2) is 0 Å². The van der Waals surface area contributed by atoms with Gasteiger partial charge in [-0.3, -0.25) is 4.79 Å². The van der Waals surface area contributed by atoms with Crippen LogP contribution in [0.25, 0.3) is 6.08 Å². The summed E-state index contributed by atoms with van der Waals surface area (Å²) in [6, 6.07) is 10.2. The predicted molar refractivity (Wildman–Crippen MR) is 103 cm³/mol. The summed E-state index contributed by atoms with van der Waals surface area (Å²) in [4.78, 5) is 12.1. The second-order valence-corrected chi connectivity index (χ2v) is 8.46. The largest absolute Gasteiger partial charge is 0.467 e. The van der Waals surface area contributed by atoms with Gasteiger partial charge >= 0.3 is 0 Å². The van der Waals surface area contributed by atoms with Gasteiger partial charge in [0.1, 0.15) is 5.76 Å². The average Bonchev–Trinajstić information content (AvgIpc) is 3.04. The van der Waals surface area contributed by atoms with E-state index in [0.29, 0.717) is 30.3 Å². The van der Waals surface area contributed by atoms with Gasteiger partial charge in [0, 0.05) is 19.2 Å². The van der Waals surface area contributed by atoms with Crippen LogP contribution in [0.2, 0.25) is 0 Å². The molecule has 1 fully saturated rings. The summed E-state index contributed by atoms with van der Waals surface area (Å²) in [6.07, 6.45) is 8.61. The molecule has 144 valence electrons. The van der Waals surface area contributed by atoms with E-state index >= 15 is 0 Å². The SMILES string of the molecule is O=C(/C=C/c1ccc(S(=O)(=O)N2CCCCCC2)cc1)NCc1ccco1. The van der Waals surface area contributed by atoms with Crippen molar-refractivity contribution in [2.45, 2.75) is 37.1 Å². The van der Waals surface area contributed by atoms with Crippen molar-refractivity contribution in [2.24, 2.45) is 0 Å². The number of rotatable bonds is 6. The maximum absolute atomic E-state index is 12.8. The Morgan fingerprint density at radius 2 is 1.78 bits per heavy atom. The number of carbonyl (C=O) groups excluding carboxylic acids is 1. The summed E-state index contributed by atoms with van der Waals surface area (Å²) >= 11 is 0. The van der Waals surface area contributed by atoms with Gasteiger partial charge in [0.25, 0.3) is 0 Å². The maximum atomic E-state index is 12.8. The number of hydrogen-bond donors (Lipinski definition) is 1. The van der Waals surface area contributed by atoms with Crippen LogP contribution in [0, 0.1) is 0 Å². The molecule has 27 heavy (non-hydrogen) atoms. The highest BCUT2D eigenvalue weighted by molar-refractivity contribution is 7.89. The minimum Gasteiger partial charge on any atom is -0.467 e. The molecule has 1 saturated heterocycles. The van der Waals surface area contributed by atoms with Gasteiger partial charge in [0.2, 0.25) is 15.9 Å². The number of hydrogen-bond acceptors (Lipinski definition) is 4. The molecule has 0 unspecified atom stereocenters. The summed E-state index contributed by atoms with van der Waals surface area (Å²) in [5, 5.41) is 2.72. The average molecular weight is 388 g/mol. The van der Waals surface area contributed by atoms with E-state index < -0.39 is 10.0 Å². The third-order valence-corrected chi connectivity index (χ3v) is 6.44. The Morgan fingerprint density at radius 3 is 2.41 bits per heavy atom. The van der Waals surface area contributed by atoms with Crippen LogP contribution in [0.4, 0.5) is 0 Å². The van der Waals surface area contributed by atoms with Crippen LogP contribution < -0.4 is 5.32 Å². The molecule has 0 atom stereocenters. The Morgan fingerprint density at radius 1 is 1.07 bits per heavy atom. The van der Waals surface area contributed by atoms with Crippen molar-refractivity contribution in [3.8, 4) is 0 Å². The summed E-state index contributed by atoms with van der Waals surface area (Å²) < 4.78 is 32.2. The summed E-state index contributed by atoms with van der Waals surface area (Å²) in [5.74, 6) is 0.437. The molecular formula is C20H24N2O4S. The van der Waals surface area contributed by atoms with Crippen molar-refractivity contribution in [1.29, 1.82) is 0 Å². The Labute approximate surface area is 159 Å². The monoisotopic (exact) mass is 388 g/mol. The van der Waals surface area contributed by atoms with Crippen LogP contribution in [0.5, 0.6) is 0 Å². The summed E-state index contributed by atoms with van der Waals surface area (Å²) in [5.41, 5.74) is 0.762. The molecule has 0 bridgehead atoms. The van der Waals surface area contributed by atoms with Crippen molar-refractivity contribution in [2.75, 3.05) is 13.1 Å². The Balaban J connectivity index is 1.59. The number of nitrogens with zero attached hydrogens (tertiary/aromatic N) is 1. The van der Waals surface area contributed by atoms with E-state index in [1.54, 1.807) is 53.0 Å². The molecule has 7 heteroatoms. The first-order valence-electron chi connectivity index (χ1n) is 9.14. The van der Waals surface area contributed by atoms with Crippen molar-refractivity contribution < 1.29 is 17.6 Å². The smallest absolute Gasteiger partial charge is 0.244 e. The van der Waals surface area contributed by atoms with Crippen molar-refractivity contribution in [3.63, 3.8) is 0 Å². The van der Waals surface area contributed by atoms with Crippen LogP contribution in [0.3, 0.4) is 0 Å². The zero-order chi connectivity index (χ0) is 19.1. The third-order valence-electron chi connectivity index (χ3n) is 4.53. The third kappa shape index (κ3) is 5.30. The molecule has 2 heterocycles. The molecule has 1 aliphatic rings. The quantitative estimate of drug-likeness (QED) is 0.771. The highest BCUT2D eigenvalue weighted by Gasteiger charge is 2.24. The van der Waals surface area contributed by atoms with Crippen molar-refractivity contribution >= 4 is 22.0 Å². The minimum absolute atomic E-state index is 0.243. The van der Waals surface area contributed by atoms with Gasteiger partial charge in [-0.2, -0.15) is 4.31 Å². The van der Waals surface area contributed by atoms with E-state index in [-0.39, 0.29) is 5.91 Å². The zero-order valence-corrected chi connectivity index (χ0v) is 16.0. The molecule has 1 aliphatic heterocycles. The fraction of sp³-hybridized carbons (Fsp3) is 0.350. The van der Waals surface area contributed by atoms with Gasteiger partial charge < -0.3 is 9.73 Å². The summed E-state index contributed by atoms with van der Waals surface area (Å²) in [7, 11) is -3.45. The molecule has 3 rings (SSSR count). The van der Waals surface area contributed by atoms with Crippen LogP contribution >= 0.6 is 0 Å². The molecule has 1 aromatic heterocycles. The number of furan rings is 1. The first kappa shape index (κ1) is 19.4. The fourth-order valence-corrected chi connectivity index (χ4v) is 4.52. The highest BCUT2D eigenvalue weighted by Crippen LogP contribution is 2.21. The van der Waals surface area contributed by atoms with E-state index in [1.807, 2.05) is 0 Å². The topological polar surface area (TPSA) is 79.6 Å². The lowest BCUT2D eigenvalue weighted by molar-refractivity contribution is -0.116. The molecule has 0 radical (unpaired) electrons. The minimum atomic E-state index is -3.45. The van der Waals surface area contributed by atoms with Crippen LogP contribution in [-0.2, 0) is 21.4 Å². The molecule has 0 aliphatic carbocycles. The number of nitrogens with one attached hydrogen (secondary N) is 1. The molecule has 2 aromatic rings. The fourth-order valence-electron chi connectivity index (χ4n) is 3.00. The summed E-state index contributed by atoms with van der Waals surface area (Å²) in [6.45, 7) is 1.49. The zero-order valence-electron chi connectivity index (χ0n) is 15.1. The van der Waals surface area contributed by atoms with E-state index in [4.69, 9.17) is 4.42 Å². The van der Waals surface area contributed by atoms with Gasteiger partial charge in [-0.25, -0.2) is 8.42 Å². The van der Waals surface area contributed by atoms with E-state index in [2.05, 4.69) is 5.32 Å². The van der Waals surface area contributed by atoms with E-state index in [1.165, 1.54) is 6.08 Å². The number of sulfonamides is 1. The normalized spacial score (nSPS) is 16.3. The highest BCUT2D eigenvalue weighted by atomic mass is 32.2. The van der Waals surface area contributed by atoms with Crippen molar-refractivity contribution in [1.82, 2.24) is 9.62 Å². The first-order valence-corrected chi connectivity index (χ1v) is 10.6. The second-order valence-electron chi connectivity index (χ2n) is 6.52. The molecule has 1 amide bonds. The molecule has 1 aromatic carbocycles. The molecule has 1 N–H and O–H groups in total.